The standard InChI is InChI=1S/C29H30N2O6/c1-4-5-15-37-23-10-9-20(17-24(23)36-3)26-25(27(32)21-7-6-8-22(16-21)35-2)28(33)29(34)31(26)18-19-11-13-30-14-12-19/h6-14,16-17,26,32H,4-5,15,18H2,1-3H3/b27-25+. The van der Waals surface area contributed by atoms with Gasteiger partial charge in [-0.2, -0.15) is 0 Å². The predicted octanol–water partition coefficient (Wildman–Crippen LogP) is 4.90. The Kier molecular flexibility index (Phi) is 8.08. The van der Waals surface area contributed by atoms with Crippen LogP contribution in [0.3, 0.4) is 0 Å². The summed E-state index contributed by atoms with van der Waals surface area (Å²) in [6, 6.07) is 14.7. The Morgan fingerprint density at radius 2 is 1.78 bits per heavy atom. The number of benzene rings is 2. The predicted molar refractivity (Wildman–Crippen MR) is 138 cm³/mol. The van der Waals surface area contributed by atoms with E-state index in [1.165, 1.54) is 19.1 Å². The van der Waals surface area contributed by atoms with Gasteiger partial charge in [-0.05, 0) is 53.9 Å². The van der Waals surface area contributed by atoms with Gasteiger partial charge >= 0.3 is 0 Å². The largest absolute Gasteiger partial charge is 0.507 e. The zero-order chi connectivity index (χ0) is 26.4. The second-order valence-corrected chi connectivity index (χ2v) is 8.63. The lowest BCUT2D eigenvalue weighted by Gasteiger charge is -2.26. The number of Topliss-reactive ketones (excluding diaryl/α,β-unsaturated/α-hetero) is 1. The van der Waals surface area contributed by atoms with Crippen molar-refractivity contribution in [1.82, 2.24) is 9.88 Å². The zero-order valence-corrected chi connectivity index (χ0v) is 21.1. The summed E-state index contributed by atoms with van der Waals surface area (Å²) in [4.78, 5) is 32.1. The molecule has 0 bridgehead atoms. The molecule has 8 nitrogen and oxygen atoms in total. The van der Waals surface area contributed by atoms with Gasteiger partial charge in [0.2, 0.25) is 0 Å². The van der Waals surface area contributed by atoms with Gasteiger partial charge < -0.3 is 24.2 Å². The lowest BCUT2D eigenvalue weighted by atomic mass is 9.94. The van der Waals surface area contributed by atoms with Crippen LogP contribution in [0.25, 0.3) is 5.76 Å². The summed E-state index contributed by atoms with van der Waals surface area (Å²) in [6.45, 7) is 2.78. The molecule has 0 radical (unpaired) electrons. The highest BCUT2D eigenvalue weighted by Crippen LogP contribution is 2.43. The van der Waals surface area contributed by atoms with Crippen molar-refractivity contribution in [1.29, 1.82) is 0 Å². The van der Waals surface area contributed by atoms with Gasteiger partial charge in [-0.3, -0.25) is 14.6 Å². The van der Waals surface area contributed by atoms with Gasteiger partial charge in [0.1, 0.15) is 11.5 Å². The van der Waals surface area contributed by atoms with Gasteiger partial charge in [0.15, 0.2) is 11.5 Å². The summed E-state index contributed by atoms with van der Waals surface area (Å²) in [6.07, 6.45) is 5.15. The number of aromatic nitrogens is 1. The molecule has 37 heavy (non-hydrogen) atoms. The van der Waals surface area contributed by atoms with Crippen LogP contribution in [0.15, 0.2) is 72.6 Å². The number of nitrogens with zero attached hydrogens (tertiary/aromatic N) is 2. The molecule has 1 N–H and O–H groups in total. The van der Waals surface area contributed by atoms with Crippen molar-refractivity contribution in [3.8, 4) is 17.2 Å². The number of methoxy groups -OCH3 is 2. The third-order valence-corrected chi connectivity index (χ3v) is 6.24. The van der Waals surface area contributed by atoms with Crippen molar-refractivity contribution in [3.05, 3.63) is 89.3 Å². The Labute approximate surface area is 216 Å². The summed E-state index contributed by atoms with van der Waals surface area (Å²) in [5, 5.41) is 11.3. The third kappa shape index (κ3) is 5.43. The molecule has 0 spiro atoms. The Bertz CT molecular complexity index is 1300. The van der Waals surface area contributed by atoms with Crippen molar-refractivity contribution in [2.24, 2.45) is 0 Å². The second-order valence-electron chi connectivity index (χ2n) is 8.63. The van der Waals surface area contributed by atoms with Crippen molar-refractivity contribution in [2.75, 3.05) is 20.8 Å². The monoisotopic (exact) mass is 502 g/mol. The van der Waals surface area contributed by atoms with Crippen LogP contribution in [0.2, 0.25) is 0 Å². The number of aliphatic hydroxyl groups excluding tert-OH is 1. The number of amides is 1. The Morgan fingerprint density at radius 1 is 1.00 bits per heavy atom. The first-order chi connectivity index (χ1) is 18.0. The average molecular weight is 503 g/mol. The Balaban J connectivity index is 1.84. The highest BCUT2D eigenvalue weighted by molar-refractivity contribution is 6.46. The molecular weight excluding hydrogens is 472 g/mol. The first-order valence-electron chi connectivity index (χ1n) is 12.1. The van der Waals surface area contributed by atoms with Crippen molar-refractivity contribution in [3.63, 3.8) is 0 Å². The molecule has 0 aliphatic carbocycles. The van der Waals surface area contributed by atoms with Crippen molar-refractivity contribution >= 4 is 17.4 Å². The van der Waals surface area contributed by atoms with Crippen LogP contribution in [0, 0.1) is 0 Å². The molecule has 8 heteroatoms. The molecule has 1 atom stereocenters. The SMILES string of the molecule is CCCCOc1ccc(C2/C(=C(\O)c3cccc(OC)c3)C(=O)C(=O)N2Cc2ccncc2)cc1OC. The molecule has 3 aromatic rings. The maximum atomic E-state index is 13.3. The number of aliphatic hydroxyl groups is 1. The Morgan fingerprint density at radius 3 is 2.49 bits per heavy atom. The summed E-state index contributed by atoms with van der Waals surface area (Å²) in [5.74, 6) is -0.179. The molecule has 2 aromatic carbocycles. The molecule has 192 valence electrons. The fraction of sp³-hybridized carbons (Fsp3) is 0.276. The number of likely N-dealkylation sites (tertiary alicyclic amines) is 1. The van der Waals surface area contributed by atoms with E-state index in [9.17, 15) is 14.7 Å². The van der Waals surface area contributed by atoms with Crippen LogP contribution in [-0.4, -0.2) is 47.5 Å². The molecule has 1 aliphatic rings. The zero-order valence-electron chi connectivity index (χ0n) is 21.1. The van der Waals surface area contributed by atoms with E-state index < -0.39 is 17.7 Å². The number of hydrogen-bond donors (Lipinski definition) is 1. The second kappa shape index (κ2) is 11.6. The van der Waals surface area contributed by atoms with Gasteiger partial charge in [0.05, 0.1) is 32.4 Å². The summed E-state index contributed by atoms with van der Waals surface area (Å²) < 4.78 is 16.7. The number of carbonyl (C=O) groups excluding carboxylic acids is 2. The van der Waals surface area contributed by atoms with Crippen LogP contribution < -0.4 is 14.2 Å². The number of carbonyl (C=O) groups is 2. The van der Waals surface area contributed by atoms with Crippen LogP contribution in [-0.2, 0) is 16.1 Å². The van der Waals surface area contributed by atoms with Gasteiger partial charge in [0.25, 0.3) is 11.7 Å². The minimum atomic E-state index is -0.849. The molecule has 1 amide bonds. The van der Waals surface area contributed by atoms with E-state index in [1.54, 1.807) is 67.0 Å². The Hall–Kier alpha value is -4.33. The number of ketones is 1. The van der Waals surface area contributed by atoms with Gasteiger partial charge in [-0.15, -0.1) is 0 Å². The fourth-order valence-corrected chi connectivity index (χ4v) is 4.30. The quantitative estimate of drug-likeness (QED) is 0.182. The first-order valence-corrected chi connectivity index (χ1v) is 12.1. The van der Waals surface area contributed by atoms with E-state index in [0.717, 1.165) is 18.4 Å². The van der Waals surface area contributed by atoms with E-state index in [1.807, 2.05) is 0 Å². The number of unbranched alkanes of at least 4 members (excludes halogenated alkanes) is 1. The summed E-state index contributed by atoms with van der Waals surface area (Å²) >= 11 is 0. The molecule has 1 aliphatic heterocycles. The molecule has 0 saturated carbocycles. The minimum Gasteiger partial charge on any atom is -0.507 e. The molecule has 1 aromatic heterocycles. The minimum absolute atomic E-state index is 0.00554. The first kappa shape index (κ1) is 25.8. The molecule has 1 saturated heterocycles. The van der Waals surface area contributed by atoms with Crippen molar-refractivity contribution < 1.29 is 28.9 Å². The van der Waals surface area contributed by atoms with Crippen LogP contribution in [0.1, 0.15) is 42.5 Å². The smallest absolute Gasteiger partial charge is 0.295 e. The van der Waals surface area contributed by atoms with Crippen molar-refractivity contribution in [2.45, 2.75) is 32.4 Å². The number of pyridine rings is 1. The van der Waals surface area contributed by atoms with Crippen LogP contribution in [0.4, 0.5) is 0 Å². The summed E-state index contributed by atoms with van der Waals surface area (Å²) in [5.41, 5.74) is 1.78. The highest BCUT2D eigenvalue weighted by Gasteiger charge is 2.46. The van der Waals surface area contributed by atoms with E-state index in [4.69, 9.17) is 14.2 Å². The number of hydrogen-bond acceptors (Lipinski definition) is 7. The maximum Gasteiger partial charge on any atom is 0.295 e. The molecule has 1 unspecified atom stereocenters. The average Bonchev–Trinajstić information content (AvgIpc) is 3.18. The summed E-state index contributed by atoms with van der Waals surface area (Å²) in [7, 11) is 3.05. The fourth-order valence-electron chi connectivity index (χ4n) is 4.30. The lowest BCUT2D eigenvalue weighted by Crippen LogP contribution is -2.29. The topological polar surface area (TPSA) is 98.2 Å². The van der Waals surface area contributed by atoms with E-state index >= 15 is 0 Å². The van der Waals surface area contributed by atoms with Gasteiger partial charge in [-0.1, -0.05) is 31.5 Å². The maximum absolute atomic E-state index is 13.3. The third-order valence-electron chi connectivity index (χ3n) is 6.24. The van der Waals surface area contributed by atoms with Crippen LogP contribution >= 0.6 is 0 Å². The van der Waals surface area contributed by atoms with Gasteiger partial charge in [-0.25, -0.2) is 0 Å². The normalized spacial score (nSPS) is 16.6. The number of rotatable bonds is 10. The van der Waals surface area contributed by atoms with E-state index in [0.29, 0.717) is 35.0 Å². The molecular formula is C29H30N2O6. The highest BCUT2D eigenvalue weighted by atomic mass is 16.5. The number of ether oxygens (including phenoxy) is 3. The lowest BCUT2D eigenvalue weighted by molar-refractivity contribution is -0.140. The van der Waals surface area contributed by atoms with Gasteiger partial charge in [0, 0.05) is 24.5 Å². The van der Waals surface area contributed by atoms with E-state index in [2.05, 4.69) is 11.9 Å². The molecule has 4 rings (SSSR count). The molecule has 1 fully saturated rings. The molecule has 2 heterocycles. The van der Waals surface area contributed by atoms with Crippen LogP contribution in [0.5, 0.6) is 17.2 Å². The van der Waals surface area contributed by atoms with E-state index in [-0.39, 0.29) is 17.9 Å².